The maximum absolute atomic E-state index is 5.50. The van der Waals surface area contributed by atoms with Crippen LogP contribution in [0.25, 0.3) is 0 Å². The SMILES string of the molecule is CCC(C)CCC(CC(C)NN)C(C)(C)C. The molecule has 0 heterocycles. The van der Waals surface area contributed by atoms with Crippen molar-refractivity contribution in [3.05, 3.63) is 0 Å². The Morgan fingerprint density at radius 1 is 1.12 bits per heavy atom. The van der Waals surface area contributed by atoms with Crippen molar-refractivity contribution in [1.29, 1.82) is 0 Å². The molecule has 0 radical (unpaired) electrons. The normalized spacial score (nSPS) is 18.2. The molecular formula is C14H32N2. The molecule has 0 saturated heterocycles. The molecule has 3 atom stereocenters. The van der Waals surface area contributed by atoms with Crippen LogP contribution in [0.4, 0.5) is 0 Å². The van der Waals surface area contributed by atoms with Gasteiger partial charge in [-0.3, -0.25) is 11.3 Å². The minimum absolute atomic E-state index is 0.387. The van der Waals surface area contributed by atoms with Crippen molar-refractivity contribution in [2.45, 2.75) is 73.3 Å². The number of rotatable bonds is 7. The van der Waals surface area contributed by atoms with Crippen molar-refractivity contribution < 1.29 is 0 Å². The first kappa shape index (κ1) is 15.9. The average Bonchev–Trinajstić information content (AvgIpc) is 2.21. The molecule has 0 rings (SSSR count). The number of hydrazine groups is 1. The van der Waals surface area contributed by atoms with Crippen LogP contribution in [0.15, 0.2) is 0 Å². The topological polar surface area (TPSA) is 38.0 Å². The zero-order valence-corrected chi connectivity index (χ0v) is 12.1. The van der Waals surface area contributed by atoms with Crippen molar-refractivity contribution in [2.75, 3.05) is 0 Å². The third-order valence-electron chi connectivity index (χ3n) is 3.85. The van der Waals surface area contributed by atoms with Gasteiger partial charge in [-0.15, -0.1) is 0 Å². The summed E-state index contributed by atoms with van der Waals surface area (Å²) in [5, 5.41) is 0. The van der Waals surface area contributed by atoms with Gasteiger partial charge in [0.25, 0.3) is 0 Å². The maximum Gasteiger partial charge on any atom is 0.0185 e. The Morgan fingerprint density at radius 2 is 1.69 bits per heavy atom. The molecular weight excluding hydrogens is 196 g/mol. The molecule has 0 aromatic heterocycles. The molecule has 0 bridgehead atoms. The van der Waals surface area contributed by atoms with Crippen LogP contribution >= 0.6 is 0 Å². The van der Waals surface area contributed by atoms with E-state index in [1.165, 1.54) is 25.7 Å². The van der Waals surface area contributed by atoms with Crippen LogP contribution in [-0.4, -0.2) is 6.04 Å². The Bertz CT molecular complexity index is 172. The van der Waals surface area contributed by atoms with E-state index >= 15 is 0 Å². The van der Waals surface area contributed by atoms with Crippen LogP contribution in [0.2, 0.25) is 0 Å². The van der Waals surface area contributed by atoms with Crippen LogP contribution < -0.4 is 11.3 Å². The van der Waals surface area contributed by atoms with Crippen molar-refractivity contribution >= 4 is 0 Å². The van der Waals surface area contributed by atoms with Gasteiger partial charge in [-0.2, -0.15) is 0 Å². The van der Waals surface area contributed by atoms with E-state index in [1.807, 2.05) is 0 Å². The number of nitrogens with two attached hydrogens (primary N) is 1. The fraction of sp³-hybridized carbons (Fsp3) is 1.00. The summed E-state index contributed by atoms with van der Waals surface area (Å²) in [6.45, 7) is 13.8. The molecule has 0 fully saturated rings. The van der Waals surface area contributed by atoms with Gasteiger partial charge in [0.15, 0.2) is 0 Å². The predicted octanol–water partition coefficient (Wildman–Crippen LogP) is 3.72. The number of hydrogen-bond donors (Lipinski definition) is 2. The standard InChI is InChI=1S/C14H32N2/c1-7-11(2)8-9-13(14(4,5)6)10-12(3)16-15/h11-13,16H,7-10,15H2,1-6H3. The molecule has 3 N–H and O–H groups in total. The maximum atomic E-state index is 5.50. The molecule has 0 aromatic carbocycles. The number of hydrogen-bond acceptors (Lipinski definition) is 2. The van der Waals surface area contributed by atoms with Gasteiger partial charge in [0.1, 0.15) is 0 Å². The largest absolute Gasteiger partial charge is 0.271 e. The second kappa shape index (κ2) is 7.29. The Morgan fingerprint density at radius 3 is 2.06 bits per heavy atom. The van der Waals surface area contributed by atoms with Gasteiger partial charge in [0, 0.05) is 6.04 Å². The molecule has 0 aliphatic heterocycles. The summed E-state index contributed by atoms with van der Waals surface area (Å²) in [5.74, 6) is 7.11. The molecule has 2 nitrogen and oxygen atoms in total. The van der Waals surface area contributed by atoms with Gasteiger partial charge in [0.2, 0.25) is 0 Å². The average molecular weight is 228 g/mol. The quantitative estimate of drug-likeness (QED) is 0.515. The van der Waals surface area contributed by atoms with Crippen LogP contribution in [0, 0.1) is 17.3 Å². The zero-order valence-electron chi connectivity index (χ0n) is 12.1. The fourth-order valence-electron chi connectivity index (χ4n) is 2.09. The Hall–Kier alpha value is -0.0800. The minimum atomic E-state index is 0.387. The molecule has 2 heteroatoms. The summed E-state index contributed by atoms with van der Waals surface area (Å²) in [7, 11) is 0. The Balaban J connectivity index is 4.22. The summed E-state index contributed by atoms with van der Waals surface area (Å²) < 4.78 is 0. The van der Waals surface area contributed by atoms with E-state index in [9.17, 15) is 0 Å². The van der Waals surface area contributed by atoms with Crippen molar-refractivity contribution in [2.24, 2.45) is 23.1 Å². The van der Waals surface area contributed by atoms with E-state index in [2.05, 4.69) is 47.0 Å². The van der Waals surface area contributed by atoms with Gasteiger partial charge in [-0.1, -0.05) is 47.5 Å². The highest BCUT2D eigenvalue weighted by atomic mass is 15.2. The Kier molecular flexibility index (Phi) is 7.25. The molecule has 98 valence electrons. The van der Waals surface area contributed by atoms with Crippen molar-refractivity contribution in [3.63, 3.8) is 0 Å². The summed E-state index contributed by atoms with van der Waals surface area (Å²) >= 11 is 0. The van der Waals surface area contributed by atoms with E-state index in [4.69, 9.17) is 5.84 Å². The molecule has 3 unspecified atom stereocenters. The molecule has 0 amide bonds. The Labute approximate surface area is 102 Å². The first-order valence-corrected chi connectivity index (χ1v) is 6.77. The van der Waals surface area contributed by atoms with E-state index in [0.717, 1.165) is 11.8 Å². The molecule has 0 spiro atoms. The van der Waals surface area contributed by atoms with Gasteiger partial charge in [0.05, 0.1) is 0 Å². The highest BCUT2D eigenvalue weighted by Crippen LogP contribution is 2.34. The zero-order chi connectivity index (χ0) is 12.8. The fourth-order valence-corrected chi connectivity index (χ4v) is 2.09. The third-order valence-corrected chi connectivity index (χ3v) is 3.85. The second-order valence-corrected chi connectivity index (χ2v) is 6.46. The van der Waals surface area contributed by atoms with E-state index in [0.29, 0.717) is 11.5 Å². The predicted molar refractivity (Wildman–Crippen MR) is 73.0 cm³/mol. The summed E-state index contributed by atoms with van der Waals surface area (Å²) in [5.41, 5.74) is 3.26. The first-order chi connectivity index (χ1) is 7.31. The first-order valence-electron chi connectivity index (χ1n) is 6.77. The summed E-state index contributed by atoms with van der Waals surface area (Å²) in [6.07, 6.45) is 5.14. The lowest BCUT2D eigenvalue weighted by molar-refractivity contribution is 0.183. The molecule has 0 aromatic rings. The molecule has 0 saturated carbocycles. The minimum Gasteiger partial charge on any atom is -0.271 e. The second-order valence-electron chi connectivity index (χ2n) is 6.46. The monoisotopic (exact) mass is 228 g/mol. The van der Waals surface area contributed by atoms with Gasteiger partial charge < -0.3 is 0 Å². The van der Waals surface area contributed by atoms with Crippen LogP contribution in [0.5, 0.6) is 0 Å². The third kappa shape index (κ3) is 6.49. The van der Waals surface area contributed by atoms with E-state index in [-0.39, 0.29) is 0 Å². The van der Waals surface area contributed by atoms with Gasteiger partial charge in [-0.05, 0) is 37.0 Å². The van der Waals surface area contributed by atoms with Crippen LogP contribution in [-0.2, 0) is 0 Å². The van der Waals surface area contributed by atoms with Crippen LogP contribution in [0.1, 0.15) is 67.2 Å². The highest BCUT2D eigenvalue weighted by molar-refractivity contribution is 4.78. The van der Waals surface area contributed by atoms with Gasteiger partial charge in [-0.25, -0.2) is 0 Å². The number of nitrogens with one attached hydrogen (secondary N) is 1. The van der Waals surface area contributed by atoms with E-state index < -0.39 is 0 Å². The van der Waals surface area contributed by atoms with E-state index in [1.54, 1.807) is 0 Å². The molecule has 0 aliphatic rings. The van der Waals surface area contributed by atoms with Crippen molar-refractivity contribution in [1.82, 2.24) is 5.43 Å². The lowest BCUT2D eigenvalue weighted by atomic mass is 9.74. The van der Waals surface area contributed by atoms with Crippen LogP contribution in [0.3, 0.4) is 0 Å². The highest BCUT2D eigenvalue weighted by Gasteiger charge is 2.25. The summed E-state index contributed by atoms with van der Waals surface area (Å²) in [6, 6.07) is 0.418. The lowest BCUT2D eigenvalue weighted by Crippen LogP contribution is -2.36. The molecule has 0 aliphatic carbocycles. The summed E-state index contributed by atoms with van der Waals surface area (Å²) in [4.78, 5) is 0. The smallest absolute Gasteiger partial charge is 0.0185 e. The van der Waals surface area contributed by atoms with Crippen molar-refractivity contribution in [3.8, 4) is 0 Å². The lowest BCUT2D eigenvalue weighted by Gasteiger charge is -2.33. The molecule has 16 heavy (non-hydrogen) atoms. The van der Waals surface area contributed by atoms with Gasteiger partial charge >= 0.3 is 0 Å².